The number of carbonyl (C=O) groups excluding carboxylic acids is 1. The van der Waals surface area contributed by atoms with Gasteiger partial charge in [0.1, 0.15) is 10.6 Å². The lowest BCUT2D eigenvalue weighted by Crippen LogP contribution is -2.34. The number of ether oxygens (including phenoxy) is 1. The number of nitrogens with zero attached hydrogens (tertiary/aromatic N) is 2. The number of amides is 1. The highest BCUT2D eigenvalue weighted by Gasteiger charge is 2.22. The number of sulfonamides is 1. The summed E-state index contributed by atoms with van der Waals surface area (Å²) in [6.45, 7) is 1.37. The Hall–Kier alpha value is -2.20. The molecule has 1 aromatic carbocycles. The number of carbonyl (C=O) groups is 1. The molecule has 1 aliphatic rings. The predicted molar refractivity (Wildman–Crippen MR) is 94.5 cm³/mol. The van der Waals surface area contributed by atoms with E-state index in [0.717, 1.165) is 37.5 Å². The fourth-order valence-corrected chi connectivity index (χ4v) is 4.04. The Labute approximate surface area is 152 Å². The SMILES string of the molecule is COc1cc([N+](=O)[O-])ccc1S(=O)(=O)NCCCN1CCCCCC1=O. The van der Waals surface area contributed by atoms with Crippen LogP contribution in [0.1, 0.15) is 32.1 Å². The zero-order valence-corrected chi connectivity index (χ0v) is 15.5. The van der Waals surface area contributed by atoms with Crippen molar-refractivity contribution in [2.24, 2.45) is 0 Å². The molecule has 9 nitrogen and oxygen atoms in total. The molecule has 144 valence electrons. The maximum Gasteiger partial charge on any atom is 0.273 e. The summed E-state index contributed by atoms with van der Waals surface area (Å²) in [6, 6.07) is 3.34. The number of non-ortho nitro benzene ring substituents is 1. The van der Waals surface area contributed by atoms with Gasteiger partial charge in [-0.1, -0.05) is 6.42 Å². The van der Waals surface area contributed by atoms with E-state index in [-0.39, 0.29) is 28.8 Å². The topological polar surface area (TPSA) is 119 Å². The number of likely N-dealkylation sites (tertiary alicyclic amines) is 1. The lowest BCUT2D eigenvalue weighted by atomic mass is 10.2. The summed E-state index contributed by atoms with van der Waals surface area (Å²) in [7, 11) is -2.62. The largest absolute Gasteiger partial charge is 0.495 e. The van der Waals surface area contributed by atoms with Crippen molar-refractivity contribution in [3.05, 3.63) is 28.3 Å². The van der Waals surface area contributed by atoms with Crippen molar-refractivity contribution in [3.8, 4) is 5.75 Å². The summed E-state index contributed by atoms with van der Waals surface area (Å²) in [5.74, 6) is 0.0248. The molecule has 1 aliphatic heterocycles. The normalized spacial score (nSPS) is 15.6. The van der Waals surface area contributed by atoms with Gasteiger partial charge in [-0.3, -0.25) is 14.9 Å². The van der Waals surface area contributed by atoms with Gasteiger partial charge in [0, 0.05) is 32.1 Å². The first kappa shape index (κ1) is 20.1. The molecule has 1 aromatic rings. The molecule has 0 unspecified atom stereocenters. The third kappa shape index (κ3) is 5.15. The number of nitrogens with one attached hydrogen (secondary N) is 1. The molecule has 0 bridgehead atoms. The summed E-state index contributed by atoms with van der Waals surface area (Å²) < 4.78 is 32.3. The lowest BCUT2D eigenvalue weighted by molar-refractivity contribution is -0.385. The summed E-state index contributed by atoms with van der Waals surface area (Å²) >= 11 is 0. The second-order valence-electron chi connectivity index (χ2n) is 6.04. The van der Waals surface area contributed by atoms with Crippen LogP contribution in [0.3, 0.4) is 0 Å². The fourth-order valence-electron chi connectivity index (χ4n) is 2.82. The van der Waals surface area contributed by atoms with Gasteiger partial charge in [0.25, 0.3) is 5.69 Å². The van der Waals surface area contributed by atoms with Crippen LogP contribution in [0.5, 0.6) is 5.75 Å². The quantitative estimate of drug-likeness (QED) is 0.413. The zero-order valence-electron chi connectivity index (χ0n) is 14.6. The number of benzene rings is 1. The average Bonchev–Trinajstić information content (AvgIpc) is 2.82. The highest BCUT2D eigenvalue weighted by atomic mass is 32.2. The monoisotopic (exact) mass is 385 g/mol. The number of rotatable bonds is 8. The van der Waals surface area contributed by atoms with Gasteiger partial charge in [-0.05, 0) is 25.3 Å². The van der Waals surface area contributed by atoms with Crippen molar-refractivity contribution in [2.45, 2.75) is 37.0 Å². The van der Waals surface area contributed by atoms with Gasteiger partial charge in [0.2, 0.25) is 15.9 Å². The maximum absolute atomic E-state index is 12.4. The molecule has 2 rings (SSSR count). The summed E-state index contributed by atoms with van der Waals surface area (Å²) in [5.41, 5.74) is -0.250. The van der Waals surface area contributed by atoms with Gasteiger partial charge in [0.05, 0.1) is 18.1 Å². The Morgan fingerprint density at radius 2 is 2.08 bits per heavy atom. The number of hydrogen-bond acceptors (Lipinski definition) is 6. The number of hydrogen-bond donors (Lipinski definition) is 1. The molecule has 0 aliphatic carbocycles. The molecule has 0 saturated carbocycles. The summed E-state index contributed by atoms with van der Waals surface area (Å²) in [5, 5.41) is 10.8. The average molecular weight is 385 g/mol. The summed E-state index contributed by atoms with van der Waals surface area (Å²) in [4.78, 5) is 23.7. The van der Waals surface area contributed by atoms with Crippen LogP contribution in [0.25, 0.3) is 0 Å². The highest BCUT2D eigenvalue weighted by Crippen LogP contribution is 2.28. The number of nitro groups is 1. The van der Waals surface area contributed by atoms with Crippen LogP contribution < -0.4 is 9.46 Å². The Morgan fingerprint density at radius 1 is 1.31 bits per heavy atom. The van der Waals surface area contributed by atoms with Gasteiger partial charge in [-0.15, -0.1) is 0 Å². The molecule has 1 fully saturated rings. The molecule has 1 amide bonds. The van der Waals surface area contributed by atoms with Crippen molar-refractivity contribution in [1.82, 2.24) is 9.62 Å². The maximum atomic E-state index is 12.4. The molecule has 26 heavy (non-hydrogen) atoms. The third-order valence-electron chi connectivity index (χ3n) is 4.22. The van der Waals surface area contributed by atoms with Crippen LogP contribution in [-0.4, -0.2) is 50.9 Å². The predicted octanol–water partition coefficient (Wildman–Crippen LogP) is 1.67. The lowest BCUT2D eigenvalue weighted by Gasteiger charge is -2.20. The van der Waals surface area contributed by atoms with Gasteiger partial charge in [-0.25, -0.2) is 13.1 Å². The van der Waals surface area contributed by atoms with E-state index in [2.05, 4.69) is 4.72 Å². The number of nitro benzene ring substituents is 1. The second-order valence-corrected chi connectivity index (χ2v) is 7.77. The number of methoxy groups -OCH3 is 1. The first-order valence-corrected chi connectivity index (χ1v) is 9.93. The molecule has 0 aromatic heterocycles. The minimum absolute atomic E-state index is 0.0885. The Balaban J connectivity index is 1.96. The zero-order chi connectivity index (χ0) is 19.2. The smallest absolute Gasteiger partial charge is 0.273 e. The fraction of sp³-hybridized carbons (Fsp3) is 0.562. The van der Waals surface area contributed by atoms with Crippen LogP contribution in [0.4, 0.5) is 5.69 Å². The molecule has 0 radical (unpaired) electrons. The molecule has 0 atom stereocenters. The van der Waals surface area contributed by atoms with Crippen LogP contribution in [0.15, 0.2) is 23.1 Å². The van der Waals surface area contributed by atoms with Crippen molar-refractivity contribution >= 4 is 21.6 Å². The van der Waals surface area contributed by atoms with Crippen LogP contribution >= 0.6 is 0 Å². The van der Waals surface area contributed by atoms with E-state index in [9.17, 15) is 23.3 Å². The molecule has 1 heterocycles. The van der Waals surface area contributed by atoms with Crippen molar-refractivity contribution in [1.29, 1.82) is 0 Å². The van der Waals surface area contributed by atoms with E-state index in [4.69, 9.17) is 4.74 Å². The third-order valence-corrected chi connectivity index (χ3v) is 5.72. The first-order chi connectivity index (χ1) is 12.3. The van der Waals surface area contributed by atoms with Gasteiger partial charge in [0.15, 0.2) is 0 Å². The van der Waals surface area contributed by atoms with Crippen molar-refractivity contribution in [3.63, 3.8) is 0 Å². The second kappa shape index (κ2) is 8.95. The van der Waals surface area contributed by atoms with E-state index in [1.54, 1.807) is 4.90 Å². The van der Waals surface area contributed by atoms with Gasteiger partial charge < -0.3 is 9.64 Å². The van der Waals surface area contributed by atoms with Crippen molar-refractivity contribution < 1.29 is 22.9 Å². The molecule has 0 spiro atoms. The molecule has 1 N–H and O–H groups in total. The highest BCUT2D eigenvalue weighted by molar-refractivity contribution is 7.89. The Bertz CT molecular complexity index is 765. The first-order valence-electron chi connectivity index (χ1n) is 8.45. The molecule has 10 heteroatoms. The van der Waals surface area contributed by atoms with Crippen LogP contribution in [0, 0.1) is 10.1 Å². The standard InChI is InChI=1S/C16H23N3O6S/c1-25-14-12-13(19(21)22)7-8-15(14)26(23,24)17-9-5-11-18-10-4-2-3-6-16(18)20/h7-8,12,17H,2-6,9-11H2,1H3. The van der Waals surface area contributed by atoms with E-state index in [1.165, 1.54) is 7.11 Å². The Morgan fingerprint density at radius 3 is 2.77 bits per heavy atom. The minimum Gasteiger partial charge on any atom is -0.495 e. The van der Waals surface area contributed by atoms with Crippen LogP contribution in [-0.2, 0) is 14.8 Å². The van der Waals surface area contributed by atoms with E-state index >= 15 is 0 Å². The molecular formula is C16H23N3O6S. The Kier molecular flexibility index (Phi) is 6.92. The van der Waals surface area contributed by atoms with Gasteiger partial charge >= 0.3 is 0 Å². The van der Waals surface area contributed by atoms with Gasteiger partial charge in [-0.2, -0.15) is 0 Å². The van der Waals surface area contributed by atoms with E-state index in [0.29, 0.717) is 25.9 Å². The molecule has 1 saturated heterocycles. The van der Waals surface area contributed by atoms with Crippen LogP contribution in [0.2, 0.25) is 0 Å². The minimum atomic E-state index is -3.87. The van der Waals surface area contributed by atoms with E-state index < -0.39 is 14.9 Å². The van der Waals surface area contributed by atoms with E-state index in [1.807, 2.05) is 0 Å². The van der Waals surface area contributed by atoms with Crippen molar-refractivity contribution in [2.75, 3.05) is 26.7 Å². The molecular weight excluding hydrogens is 362 g/mol. The summed E-state index contributed by atoms with van der Waals surface area (Å²) in [6.07, 6.45) is 3.94.